The van der Waals surface area contributed by atoms with Crippen LogP contribution in [0.15, 0.2) is 28.0 Å². The zero-order chi connectivity index (χ0) is 17.4. The molecular formula is C14H20N2O5S2. The van der Waals surface area contributed by atoms with E-state index in [-0.39, 0.29) is 15.7 Å². The summed E-state index contributed by atoms with van der Waals surface area (Å²) >= 11 is 0. The molecule has 1 aliphatic rings. The quantitative estimate of drug-likeness (QED) is 0.763. The van der Waals surface area contributed by atoms with E-state index in [0.717, 1.165) is 12.5 Å². The molecule has 0 saturated carbocycles. The Morgan fingerprint density at radius 1 is 0.957 bits per heavy atom. The topological polar surface area (TPSA) is 91.8 Å². The second-order valence-electron chi connectivity index (χ2n) is 5.67. The Morgan fingerprint density at radius 2 is 1.52 bits per heavy atom. The highest BCUT2D eigenvalue weighted by molar-refractivity contribution is 7.91. The third-order valence-corrected chi connectivity index (χ3v) is 6.06. The molecule has 2 rings (SSSR count). The van der Waals surface area contributed by atoms with Gasteiger partial charge in [-0.1, -0.05) is 0 Å². The Hall–Kier alpha value is -1.61. The second-order valence-corrected chi connectivity index (χ2v) is 9.67. The molecule has 7 nitrogen and oxygen atoms in total. The van der Waals surface area contributed by atoms with Gasteiger partial charge in [-0.15, -0.1) is 0 Å². The van der Waals surface area contributed by atoms with E-state index in [1.807, 2.05) is 4.90 Å². The molecule has 1 amide bonds. The van der Waals surface area contributed by atoms with Gasteiger partial charge in [-0.2, -0.15) is 0 Å². The van der Waals surface area contributed by atoms with Crippen molar-refractivity contribution in [3.63, 3.8) is 0 Å². The Kier molecular flexibility index (Phi) is 4.72. The number of hydrogen-bond acceptors (Lipinski definition) is 6. The Labute approximate surface area is 136 Å². The summed E-state index contributed by atoms with van der Waals surface area (Å²) in [7, 11) is -7.07. The Morgan fingerprint density at radius 3 is 1.96 bits per heavy atom. The minimum atomic E-state index is -3.58. The first kappa shape index (κ1) is 17.7. The molecule has 0 bridgehead atoms. The molecule has 1 aromatic rings. The third-order valence-electron chi connectivity index (χ3n) is 3.82. The van der Waals surface area contributed by atoms with Gasteiger partial charge in [-0.3, -0.25) is 4.79 Å². The lowest BCUT2D eigenvalue weighted by Gasteiger charge is -2.36. The zero-order valence-electron chi connectivity index (χ0n) is 13.3. The number of rotatable bonds is 3. The van der Waals surface area contributed by atoms with E-state index in [0.29, 0.717) is 31.9 Å². The number of benzene rings is 1. The maximum absolute atomic E-state index is 12.1. The van der Waals surface area contributed by atoms with Crippen LogP contribution in [0.25, 0.3) is 0 Å². The monoisotopic (exact) mass is 360 g/mol. The van der Waals surface area contributed by atoms with Crippen molar-refractivity contribution in [3.8, 4) is 0 Å². The normalized spacial score (nSPS) is 16.5. The highest BCUT2D eigenvalue weighted by atomic mass is 32.2. The van der Waals surface area contributed by atoms with E-state index in [1.165, 1.54) is 25.1 Å². The van der Waals surface area contributed by atoms with Crippen LogP contribution < -0.4 is 4.90 Å². The van der Waals surface area contributed by atoms with Crippen LogP contribution in [0.1, 0.15) is 6.92 Å². The van der Waals surface area contributed by atoms with Crippen LogP contribution in [0.3, 0.4) is 0 Å². The van der Waals surface area contributed by atoms with E-state index >= 15 is 0 Å². The molecule has 0 N–H and O–H groups in total. The van der Waals surface area contributed by atoms with Crippen molar-refractivity contribution in [2.24, 2.45) is 0 Å². The van der Waals surface area contributed by atoms with Gasteiger partial charge in [0, 0.05) is 45.6 Å². The van der Waals surface area contributed by atoms with Crippen molar-refractivity contribution >= 4 is 31.3 Å². The minimum Gasteiger partial charge on any atom is -0.367 e. The highest BCUT2D eigenvalue weighted by Crippen LogP contribution is 2.29. The summed E-state index contributed by atoms with van der Waals surface area (Å²) in [5.74, 6) is -0.0135. The number of sulfone groups is 2. The second kappa shape index (κ2) is 6.12. The highest BCUT2D eigenvalue weighted by Gasteiger charge is 2.25. The van der Waals surface area contributed by atoms with Crippen molar-refractivity contribution in [1.29, 1.82) is 0 Å². The smallest absolute Gasteiger partial charge is 0.219 e. The largest absolute Gasteiger partial charge is 0.367 e. The predicted octanol–water partition coefficient (Wildman–Crippen LogP) is 0.162. The van der Waals surface area contributed by atoms with Crippen LogP contribution in [-0.4, -0.2) is 66.3 Å². The Bertz CT molecular complexity index is 823. The molecule has 1 aliphatic heterocycles. The SMILES string of the molecule is CC(=O)N1CCN(c2ccc(S(C)(=O)=O)cc2S(C)(=O)=O)CC1. The fraction of sp³-hybridized carbons (Fsp3) is 0.500. The van der Waals surface area contributed by atoms with Gasteiger partial charge in [0.25, 0.3) is 0 Å². The molecule has 128 valence electrons. The molecule has 0 atom stereocenters. The van der Waals surface area contributed by atoms with Crippen molar-refractivity contribution in [2.75, 3.05) is 43.6 Å². The maximum atomic E-state index is 12.1. The van der Waals surface area contributed by atoms with Gasteiger partial charge in [0.05, 0.1) is 15.5 Å². The first-order valence-electron chi connectivity index (χ1n) is 7.05. The summed E-state index contributed by atoms with van der Waals surface area (Å²) < 4.78 is 47.5. The van der Waals surface area contributed by atoms with Gasteiger partial charge in [-0.05, 0) is 18.2 Å². The number of carbonyl (C=O) groups excluding carboxylic acids is 1. The van der Waals surface area contributed by atoms with Gasteiger partial charge in [0.15, 0.2) is 19.7 Å². The number of nitrogens with zero attached hydrogens (tertiary/aromatic N) is 2. The summed E-state index contributed by atoms with van der Waals surface area (Å²) in [6, 6.07) is 4.14. The van der Waals surface area contributed by atoms with Crippen molar-refractivity contribution in [3.05, 3.63) is 18.2 Å². The molecule has 1 aromatic carbocycles. The van der Waals surface area contributed by atoms with Crippen LogP contribution in [0.2, 0.25) is 0 Å². The lowest BCUT2D eigenvalue weighted by Crippen LogP contribution is -2.48. The van der Waals surface area contributed by atoms with E-state index in [1.54, 1.807) is 4.90 Å². The van der Waals surface area contributed by atoms with E-state index < -0.39 is 19.7 Å². The van der Waals surface area contributed by atoms with Crippen molar-refractivity contribution < 1.29 is 21.6 Å². The first-order valence-corrected chi connectivity index (χ1v) is 10.8. The molecule has 9 heteroatoms. The van der Waals surface area contributed by atoms with E-state index in [4.69, 9.17) is 0 Å². The van der Waals surface area contributed by atoms with Crippen molar-refractivity contribution in [1.82, 2.24) is 4.90 Å². The lowest BCUT2D eigenvalue weighted by atomic mass is 10.2. The molecule has 1 fully saturated rings. The van der Waals surface area contributed by atoms with Crippen LogP contribution in [0.5, 0.6) is 0 Å². The zero-order valence-corrected chi connectivity index (χ0v) is 14.9. The number of carbonyl (C=O) groups is 1. The van der Waals surface area contributed by atoms with Crippen LogP contribution in [0, 0.1) is 0 Å². The van der Waals surface area contributed by atoms with E-state index in [9.17, 15) is 21.6 Å². The third kappa shape index (κ3) is 4.03. The average molecular weight is 360 g/mol. The van der Waals surface area contributed by atoms with E-state index in [2.05, 4.69) is 0 Å². The first-order chi connectivity index (χ1) is 10.5. The van der Waals surface area contributed by atoms with Crippen LogP contribution in [-0.2, 0) is 24.5 Å². The molecule has 0 spiro atoms. The minimum absolute atomic E-state index is 0.00306. The molecule has 1 saturated heterocycles. The maximum Gasteiger partial charge on any atom is 0.219 e. The van der Waals surface area contributed by atoms with Crippen LogP contribution in [0.4, 0.5) is 5.69 Å². The average Bonchev–Trinajstić information content (AvgIpc) is 2.45. The number of amides is 1. The van der Waals surface area contributed by atoms with Crippen LogP contribution >= 0.6 is 0 Å². The number of piperazine rings is 1. The molecule has 23 heavy (non-hydrogen) atoms. The lowest BCUT2D eigenvalue weighted by molar-refractivity contribution is -0.129. The summed E-state index contributed by atoms with van der Waals surface area (Å²) in [4.78, 5) is 14.9. The Balaban J connectivity index is 2.42. The van der Waals surface area contributed by atoms with Gasteiger partial charge in [0.2, 0.25) is 5.91 Å². The molecule has 0 aliphatic carbocycles. The molecule has 1 heterocycles. The molecule has 0 aromatic heterocycles. The van der Waals surface area contributed by atoms with Gasteiger partial charge in [-0.25, -0.2) is 16.8 Å². The fourth-order valence-electron chi connectivity index (χ4n) is 2.55. The molecular weight excluding hydrogens is 340 g/mol. The fourth-order valence-corrected chi connectivity index (χ4v) is 4.19. The van der Waals surface area contributed by atoms with Crippen molar-refractivity contribution in [2.45, 2.75) is 16.7 Å². The number of hydrogen-bond donors (Lipinski definition) is 0. The summed E-state index contributed by atoms with van der Waals surface area (Å²) in [5, 5.41) is 0. The van der Waals surface area contributed by atoms with Gasteiger partial charge in [0.1, 0.15) is 0 Å². The van der Waals surface area contributed by atoms with Gasteiger partial charge < -0.3 is 9.80 Å². The summed E-state index contributed by atoms with van der Waals surface area (Å²) in [6.07, 6.45) is 2.10. The number of anilines is 1. The predicted molar refractivity (Wildman–Crippen MR) is 87.1 cm³/mol. The van der Waals surface area contributed by atoms with Gasteiger partial charge >= 0.3 is 0 Å². The summed E-state index contributed by atoms with van der Waals surface area (Å²) in [6.45, 7) is 3.51. The standard InChI is InChI=1S/C14H20N2O5S2/c1-11(17)15-6-8-16(9-7-15)13-5-4-12(22(2,18)19)10-14(13)23(3,20)21/h4-5,10H,6-9H2,1-3H3. The molecule has 0 radical (unpaired) electrons. The summed E-state index contributed by atoms with van der Waals surface area (Å²) in [5.41, 5.74) is 0.475. The molecule has 0 unspecified atom stereocenters.